The molecule has 1 aliphatic heterocycles. The number of piperazine rings is 1. The first kappa shape index (κ1) is 19.6. The number of guanidine groups is 1. The second kappa shape index (κ2) is 8.56. The Morgan fingerprint density at radius 1 is 1.12 bits per heavy atom. The Balaban J connectivity index is 1.76. The Kier molecular flexibility index (Phi) is 6.71. The summed E-state index contributed by atoms with van der Waals surface area (Å²) in [7, 11) is 1.82. The zero-order valence-electron chi connectivity index (χ0n) is 16.8. The van der Waals surface area contributed by atoms with Crippen molar-refractivity contribution >= 4 is 11.6 Å². The molecule has 25 heavy (non-hydrogen) atoms. The van der Waals surface area contributed by atoms with E-state index in [9.17, 15) is 0 Å². The van der Waals surface area contributed by atoms with Gasteiger partial charge in [0, 0.05) is 57.5 Å². The second-order valence-corrected chi connectivity index (χ2v) is 7.92. The van der Waals surface area contributed by atoms with Crippen LogP contribution in [0.1, 0.15) is 31.9 Å². The molecule has 0 spiro atoms. The largest absolute Gasteiger partial charge is 0.369 e. The molecular weight excluding hydrogens is 310 g/mol. The minimum atomic E-state index is 0.0269. The highest BCUT2D eigenvalue weighted by Gasteiger charge is 2.18. The third-order valence-electron chi connectivity index (χ3n) is 4.73. The van der Waals surface area contributed by atoms with Crippen molar-refractivity contribution in [3.63, 3.8) is 0 Å². The van der Waals surface area contributed by atoms with Crippen molar-refractivity contribution in [1.29, 1.82) is 0 Å². The maximum absolute atomic E-state index is 4.29. The smallest absolute Gasteiger partial charge is 0.191 e. The molecule has 0 aliphatic carbocycles. The highest BCUT2D eigenvalue weighted by molar-refractivity contribution is 5.80. The number of nitrogens with one attached hydrogen (secondary N) is 2. The molecule has 0 atom stereocenters. The molecule has 0 unspecified atom stereocenters. The van der Waals surface area contributed by atoms with Gasteiger partial charge in [-0.15, -0.1) is 0 Å². The van der Waals surface area contributed by atoms with Crippen LogP contribution in [0.25, 0.3) is 0 Å². The maximum Gasteiger partial charge on any atom is 0.191 e. The lowest BCUT2D eigenvalue weighted by atomic mass is 10.1. The fourth-order valence-electron chi connectivity index (χ4n) is 3.16. The molecular formula is C20H35N5. The topological polar surface area (TPSA) is 42.9 Å². The monoisotopic (exact) mass is 345 g/mol. The van der Waals surface area contributed by atoms with E-state index in [0.717, 1.165) is 45.2 Å². The van der Waals surface area contributed by atoms with Gasteiger partial charge >= 0.3 is 0 Å². The summed E-state index contributed by atoms with van der Waals surface area (Å²) in [6.45, 7) is 17.2. The molecule has 0 aromatic heterocycles. The third-order valence-corrected chi connectivity index (χ3v) is 4.73. The maximum atomic E-state index is 4.29. The molecule has 0 bridgehead atoms. The van der Waals surface area contributed by atoms with Gasteiger partial charge < -0.3 is 15.5 Å². The van der Waals surface area contributed by atoms with E-state index < -0.39 is 0 Å². The number of rotatable bonds is 4. The van der Waals surface area contributed by atoms with Gasteiger partial charge in [-0.25, -0.2) is 0 Å². The van der Waals surface area contributed by atoms with Crippen LogP contribution in [0.4, 0.5) is 5.69 Å². The number of nitrogens with zero attached hydrogens (tertiary/aromatic N) is 3. The molecule has 1 saturated heterocycles. The number of aryl methyl sites for hydroxylation is 1. The van der Waals surface area contributed by atoms with Gasteiger partial charge in [0.1, 0.15) is 0 Å². The van der Waals surface area contributed by atoms with Gasteiger partial charge in [0.05, 0.1) is 0 Å². The van der Waals surface area contributed by atoms with E-state index in [1.165, 1.54) is 16.8 Å². The fraction of sp³-hybridized carbons (Fsp3) is 0.650. The SMILES string of the molecule is CN=C(NCCN1CCN(c2cccc(C)c2C)CC1)NC(C)(C)C. The molecule has 0 amide bonds. The van der Waals surface area contributed by atoms with Gasteiger partial charge in [-0.2, -0.15) is 0 Å². The number of hydrogen-bond acceptors (Lipinski definition) is 3. The van der Waals surface area contributed by atoms with Crippen LogP contribution in [0.5, 0.6) is 0 Å². The lowest BCUT2D eigenvalue weighted by Gasteiger charge is -2.37. The van der Waals surface area contributed by atoms with Gasteiger partial charge in [-0.3, -0.25) is 9.89 Å². The Morgan fingerprint density at radius 3 is 2.40 bits per heavy atom. The van der Waals surface area contributed by atoms with Gasteiger partial charge in [0.2, 0.25) is 0 Å². The van der Waals surface area contributed by atoms with E-state index in [2.05, 4.69) is 78.2 Å². The summed E-state index contributed by atoms with van der Waals surface area (Å²) < 4.78 is 0. The van der Waals surface area contributed by atoms with Gasteiger partial charge in [-0.1, -0.05) is 12.1 Å². The van der Waals surface area contributed by atoms with Crippen molar-refractivity contribution in [2.75, 3.05) is 51.2 Å². The van der Waals surface area contributed by atoms with Gasteiger partial charge in [0.25, 0.3) is 0 Å². The summed E-state index contributed by atoms with van der Waals surface area (Å²) in [5.74, 6) is 0.876. The number of hydrogen-bond donors (Lipinski definition) is 2. The van der Waals surface area contributed by atoms with Crippen molar-refractivity contribution in [3.8, 4) is 0 Å². The minimum absolute atomic E-state index is 0.0269. The van der Waals surface area contributed by atoms with Crippen LogP contribution >= 0.6 is 0 Å². The first-order chi connectivity index (χ1) is 11.8. The molecule has 1 aromatic rings. The predicted molar refractivity (Wildman–Crippen MR) is 109 cm³/mol. The molecule has 5 nitrogen and oxygen atoms in total. The average molecular weight is 346 g/mol. The molecule has 1 heterocycles. The second-order valence-electron chi connectivity index (χ2n) is 7.92. The van der Waals surface area contributed by atoms with Crippen LogP contribution in [0.15, 0.2) is 23.2 Å². The molecule has 5 heteroatoms. The molecule has 1 aliphatic rings. The summed E-state index contributed by atoms with van der Waals surface area (Å²) in [5.41, 5.74) is 4.21. The highest BCUT2D eigenvalue weighted by atomic mass is 15.3. The summed E-state index contributed by atoms with van der Waals surface area (Å²) in [5, 5.41) is 6.81. The van der Waals surface area contributed by atoms with E-state index >= 15 is 0 Å². The van der Waals surface area contributed by atoms with Crippen LogP contribution in [0, 0.1) is 13.8 Å². The minimum Gasteiger partial charge on any atom is -0.369 e. The number of aliphatic imine (C=N–C) groups is 1. The molecule has 140 valence electrons. The van der Waals surface area contributed by atoms with Gasteiger partial charge in [0.15, 0.2) is 5.96 Å². The Morgan fingerprint density at radius 2 is 1.80 bits per heavy atom. The molecule has 0 saturated carbocycles. The quantitative estimate of drug-likeness (QED) is 0.650. The lowest BCUT2D eigenvalue weighted by molar-refractivity contribution is 0.261. The Bertz CT molecular complexity index is 580. The molecule has 1 fully saturated rings. The van der Waals surface area contributed by atoms with E-state index in [1.54, 1.807) is 0 Å². The van der Waals surface area contributed by atoms with Crippen molar-refractivity contribution in [2.24, 2.45) is 4.99 Å². The first-order valence-corrected chi connectivity index (χ1v) is 9.32. The summed E-state index contributed by atoms with van der Waals surface area (Å²) in [6, 6.07) is 6.61. The van der Waals surface area contributed by atoms with Crippen LogP contribution < -0.4 is 15.5 Å². The lowest BCUT2D eigenvalue weighted by Crippen LogP contribution is -2.51. The van der Waals surface area contributed by atoms with E-state index in [4.69, 9.17) is 0 Å². The van der Waals surface area contributed by atoms with Crippen LogP contribution in [0.2, 0.25) is 0 Å². The number of anilines is 1. The van der Waals surface area contributed by atoms with Crippen molar-refractivity contribution in [2.45, 2.75) is 40.2 Å². The Hall–Kier alpha value is -1.75. The molecule has 2 N–H and O–H groups in total. The summed E-state index contributed by atoms with van der Waals surface area (Å²) >= 11 is 0. The van der Waals surface area contributed by atoms with E-state index in [0.29, 0.717) is 0 Å². The first-order valence-electron chi connectivity index (χ1n) is 9.32. The third kappa shape index (κ3) is 5.92. The summed E-state index contributed by atoms with van der Waals surface area (Å²) in [4.78, 5) is 9.34. The molecule has 0 radical (unpaired) electrons. The zero-order valence-corrected chi connectivity index (χ0v) is 16.8. The normalized spacial score (nSPS) is 16.9. The zero-order chi connectivity index (χ0) is 18.4. The van der Waals surface area contributed by atoms with E-state index in [1.807, 2.05) is 7.05 Å². The highest BCUT2D eigenvalue weighted by Crippen LogP contribution is 2.23. The fourth-order valence-corrected chi connectivity index (χ4v) is 3.16. The predicted octanol–water partition coefficient (Wildman–Crippen LogP) is 2.39. The van der Waals surface area contributed by atoms with Crippen LogP contribution in [-0.4, -0.2) is 62.7 Å². The molecule has 1 aromatic carbocycles. The van der Waals surface area contributed by atoms with Crippen LogP contribution in [0.3, 0.4) is 0 Å². The average Bonchev–Trinajstić information content (AvgIpc) is 2.56. The van der Waals surface area contributed by atoms with Crippen LogP contribution in [-0.2, 0) is 0 Å². The number of benzene rings is 1. The van der Waals surface area contributed by atoms with Gasteiger partial charge in [-0.05, 0) is 51.8 Å². The van der Waals surface area contributed by atoms with Crippen molar-refractivity contribution in [3.05, 3.63) is 29.3 Å². The summed E-state index contributed by atoms with van der Waals surface area (Å²) in [6.07, 6.45) is 0. The standard InChI is InChI=1S/C20H35N5/c1-16-8-7-9-18(17(16)2)25-14-12-24(13-15-25)11-10-22-19(21-6)23-20(3,4)5/h7-9H,10-15H2,1-6H3,(H2,21,22,23). The van der Waals surface area contributed by atoms with E-state index in [-0.39, 0.29) is 5.54 Å². The molecule has 2 rings (SSSR count). The van der Waals surface area contributed by atoms with Crippen molar-refractivity contribution in [1.82, 2.24) is 15.5 Å². The Labute approximate surface area is 153 Å². The van der Waals surface area contributed by atoms with Crippen molar-refractivity contribution < 1.29 is 0 Å².